The topological polar surface area (TPSA) is 46.3 Å². The molecule has 2 aliphatic rings. The number of nitrogens with two attached hydrogens (primary N) is 1. The molecule has 1 fully saturated rings. The van der Waals surface area contributed by atoms with Crippen LogP contribution in [0.2, 0.25) is 0 Å². The van der Waals surface area contributed by atoms with Crippen molar-refractivity contribution in [3.05, 3.63) is 23.8 Å². The number of rotatable bonds is 2. The van der Waals surface area contributed by atoms with Crippen molar-refractivity contribution in [3.8, 4) is 0 Å². The van der Waals surface area contributed by atoms with Gasteiger partial charge < -0.3 is 10.6 Å². The summed E-state index contributed by atoms with van der Waals surface area (Å²) in [5.41, 5.74) is 9.08. The first kappa shape index (κ1) is 16.2. The van der Waals surface area contributed by atoms with Gasteiger partial charge in [-0.2, -0.15) is 0 Å². The van der Waals surface area contributed by atoms with E-state index in [4.69, 9.17) is 5.73 Å². The van der Waals surface area contributed by atoms with Crippen molar-refractivity contribution in [2.24, 2.45) is 11.8 Å². The quantitative estimate of drug-likeness (QED) is 0.845. The fourth-order valence-corrected chi connectivity index (χ4v) is 3.78. The van der Waals surface area contributed by atoms with Crippen LogP contribution in [-0.2, 0) is 11.2 Å². The third-order valence-electron chi connectivity index (χ3n) is 4.85. The standard InChI is InChI=1S/C17H24N2O.ClH/c1-12-7-8-13(10-12)11-17(20)19-9-3-4-14-15(18)5-2-6-16(14)19;/h2,5-6,12-13H,3-4,7-11,18H2,1H3;1H. The van der Waals surface area contributed by atoms with Crippen LogP contribution in [0.1, 0.15) is 44.6 Å². The molecule has 0 radical (unpaired) electrons. The number of fused-ring (bicyclic) bond motifs is 1. The summed E-state index contributed by atoms with van der Waals surface area (Å²) in [7, 11) is 0. The van der Waals surface area contributed by atoms with Crippen molar-refractivity contribution in [2.75, 3.05) is 17.2 Å². The summed E-state index contributed by atoms with van der Waals surface area (Å²) in [4.78, 5) is 14.6. The molecule has 2 unspecified atom stereocenters. The summed E-state index contributed by atoms with van der Waals surface area (Å²) >= 11 is 0. The fourth-order valence-electron chi connectivity index (χ4n) is 3.78. The van der Waals surface area contributed by atoms with Gasteiger partial charge in [0.05, 0.1) is 0 Å². The van der Waals surface area contributed by atoms with E-state index in [2.05, 4.69) is 6.92 Å². The van der Waals surface area contributed by atoms with Crippen LogP contribution in [0.25, 0.3) is 0 Å². The molecule has 1 amide bonds. The van der Waals surface area contributed by atoms with Crippen LogP contribution in [-0.4, -0.2) is 12.5 Å². The van der Waals surface area contributed by atoms with Gasteiger partial charge in [0.1, 0.15) is 0 Å². The number of benzene rings is 1. The zero-order chi connectivity index (χ0) is 14.1. The molecule has 1 aliphatic heterocycles. The summed E-state index contributed by atoms with van der Waals surface area (Å²) in [5, 5.41) is 0. The van der Waals surface area contributed by atoms with Gasteiger partial charge in [-0.25, -0.2) is 0 Å². The molecule has 116 valence electrons. The molecule has 4 heteroatoms. The molecule has 0 bridgehead atoms. The van der Waals surface area contributed by atoms with E-state index in [0.29, 0.717) is 12.3 Å². The number of amides is 1. The molecule has 1 saturated carbocycles. The Kier molecular flexibility index (Phi) is 5.15. The highest BCUT2D eigenvalue weighted by Gasteiger charge is 2.28. The number of hydrogen-bond acceptors (Lipinski definition) is 2. The largest absolute Gasteiger partial charge is 0.398 e. The lowest BCUT2D eigenvalue weighted by molar-refractivity contribution is -0.119. The second-order valence-electron chi connectivity index (χ2n) is 6.48. The highest BCUT2D eigenvalue weighted by atomic mass is 35.5. The second kappa shape index (κ2) is 6.69. The van der Waals surface area contributed by atoms with Gasteiger partial charge in [-0.05, 0) is 55.2 Å². The van der Waals surface area contributed by atoms with Gasteiger partial charge >= 0.3 is 0 Å². The Hall–Kier alpha value is -1.22. The van der Waals surface area contributed by atoms with Crippen molar-refractivity contribution < 1.29 is 4.79 Å². The van der Waals surface area contributed by atoms with Crippen LogP contribution in [0, 0.1) is 11.8 Å². The highest BCUT2D eigenvalue weighted by Crippen LogP contribution is 2.35. The van der Waals surface area contributed by atoms with Gasteiger partial charge in [-0.3, -0.25) is 4.79 Å². The first-order valence-electron chi connectivity index (χ1n) is 7.83. The molecular weight excluding hydrogens is 284 g/mol. The summed E-state index contributed by atoms with van der Waals surface area (Å²) in [6, 6.07) is 5.93. The van der Waals surface area contributed by atoms with E-state index in [1.165, 1.54) is 19.3 Å². The van der Waals surface area contributed by atoms with Crippen molar-refractivity contribution in [2.45, 2.75) is 45.4 Å². The van der Waals surface area contributed by atoms with Crippen LogP contribution in [0.15, 0.2) is 18.2 Å². The van der Waals surface area contributed by atoms with E-state index in [0.717, 1.165) is 42.2 Å². The predicted octanol–water partition coefficient (Wildman–Crippen LogP) is 3.80. The Bertz CT molecular complexity index is 518. The number of hydrogen-bond donors (Lipinski definition) is 1. The van der Waals surface area contributed by atoms with Crippen LogP contribution >= 0.6 is 12.4 Å². The van der Waals surface area contributed by atoms with Crippen LogP contribution in [0.5, 0.6) is 0 Å². The number of anilines is 2. The molecule has 1 heterocycles. The minimum Gasteiger partial charge on any atom is -0.398 e. The number of halogens is 1. The molecule has 0 saturated heterocycles. The smallest absolute Gasteiger partial charge is 0.227 e. The lowest BCUT2D eigenvalue weighted by Crippen LogP contribution is -2.36. The molecule has 1 aliphatic carbocycles. The molecule has 1 aromatic carbocycles. The Balaban J connectivity index is 0.00000161. The Morgan fingerprint density at radius 3 is 2.90 bits per heavy atom. The minimum atomic E-state index is 0. The molecule has 1 aromatic rings. The van der Waals surface area contributed by atoms with Gasteiger partial charge in [0, 0.05) is 24.3 Å². The summed E-state index contributed by atoms with van der Waals surface area (Å²) in [5.74, 6) is 1.66. The summed E-state index contributed by atoms with van der Waals surface area (Å²) in [6.07, 6.45) is 6.42. The molecule has 0 aromatic heterocycles. The zero-order valence-electron chi connectivity index (χ0n) is 12.7. The lowest BCUT2D eigenvalue weighted by atomic mass is 9.97. The Morgan fingerprint density at radius 1 is 1.38 bits per heavy atom. The predicted molar refractivity (Wildman–Crippen MR) is 89.9 cm³/mol. The van der Waals surface area contributed by atoms with Crippen molar-refractivity contribution in [1.29, 1.82) is 0 Å². The molecule has 2 N–H and O–H groups in total. The Morgan fingerprint density at radius 2 is 2.19 bits per heavy atom. The molecule has 3 nitrogen and oxygen atoms in total. The van der Waals surface area contributed by atoms with Gasteiger partial charge in [0.15, 0.2) is 0 Å². The molecule has 21 heavy (non-hydrogen) atoms. The average Bonchev–Trinajstić information content (AvgIpc) is 2.84. The maximum atomic E-state index is 12.6. The van der Waals surface area contributed by atoms with Crippen molar-refractivity contribution in [1.82, 2.24) is 0 Å². The third kappa shape index (κ3) is 3.34. The van der Waals surface area contributed by atoms with E-state index in [1.54, 1.807) is 0 Å². The van der Waals surface area contributed by atoms with Crippen LogP contribution < -0.4 is 10.6 Å². The first-order chi connectivity index (χ1) is 9.65. The van der Waals surface area contributed by atoms with E-state index < -0.39 is 0 Å². The SMILES string of the molecule is CC1CCC(CC(=O)N2CCCc3c(N)cccc32)C1.Cl. The van der Waals surface area contributed by atoms with Gasteiger partial charge in [0.25, 0.3) is 0 Å². The average molecular weight is 309 g/mol. The normalized spacial score (nSPS) is 24.3. The molecular formula is C17H25ClN2O. The maximum Gasteiger partial charge on any atom is 0.227 e. The second-order valence-corrected chi connectivity index (χ2v) is 6.48. The van der Waals surface area contributed by atoms with E-state index >= 15 is 0 Å². The van der Waals surface area contributed by atoms with E-state index in [-0.39, 0.29) is 18.3 Å². The van der Waals surface area contributed by atoms with Gasteiger partial charge in [-0.15, -0.1) is 12.4 Å². The molecule has 2 atom stereocenters. The summed E-state index contributed by atoms with van der Waals surface area (Å²) < 4.78 is 0. The van der Waals surface area contributed by atoms with E-state index in [1.807, 2.05) is 23.1 Å². The third-order valence-corrected chi connectivity index (χ3v) is 4.85. The van der Waals surface area contributed by atoms with Gasteiger partial charge in [0.2, 0.25) is 5.91 Å². The van der Waals surface area contributed by atoms with Crippen molar-refractivity contribution >= 4 is 29.7 Å². The maximum absolute atomic E-state index is 12.6. The number of carbonyl (C=O) groups excluding carboxylic acids is 1. The lowest BCUT2D eigenvalue weighted by Gasteiger charge is -2.31. The monoisotopic (exact) mass is 308 g/mol. The molecule has 0 spiro atoms. The first-order valence-corrected chi connectivity index (χ1v) is 7.83. The zero-order valence-corrected chi connectivity index (χ0v) is 13.5. The van der Waals surface area contributed by atoms with Gasteiger partial charge in [-0.1, -0.05) is 19.4 Å². The highest BCUT2D eigenvalue weighted by molar-refractivity contribution is 5.95. The number of nitrogen functional groups attached to an aromatic ring is 1. The van der Waals surface area contributed by atoms with Crippen molar-refractivity contribution in [3.63, 3.8) is 0 Å². The van der Waals surface area contributed by atoms with Crippen LogP contribution in [0.4, 0.5) is 11.4 Å². The van der Waals surface area contributed by atoms with E-state index in [9.17, 15) is 4.79 Å². The number of nitrogens with zero attached hydrogens (tertiary/aromatic N) is 1. The fraction of sp³-hybridized carbons (Fsp3) is 0.588. The minimum absolute atomic E-state index is 0. The summed E-state index contributed by atoms with van der Waals surface area (Å²) in [6.45, 7) is 3.14. The number of carbonyl (C=O) groups is 1. The van der Waals surface area contributed by atoms with Crippen LogP contribution in [0.3, 0.4) is 0 Å². The Labute approximate surface area is 133 Å². The molecule has 3 rings (SSSR count).